The molecule has 20 heavy (non-hydrogen) atoms. The average Bonchev–Trinajstić information content (AvgIpc) is 2.36. The maximum absolute atomic E-state index is 6.33. The summed E-state index contributed by atoms with van der Waals surface area (Å²) in [7, 11) is 0. The Labute approximate surface area is 123 Å². The zero-order valence-corrected chi connectivity index (χ0v) is 13.2. The Hall–Kier alpha value is -1.50. The molecule has 0 amide bonds. The van der Waals surface area contributed by atoms with Gasteiger partial charge in [-0.3, -0.25) is 0 Å². The van der Waals surface area contributed by atoms with Gasteiger partial charge in [0.25, 0.3) is 0 Å². The van der Waals surface area contributed by atoms with Crippen molar-refractivity contribution < 1.29 is 0 Å². The van der Waals surface area contributed by atoms with E-state index >= 15 is 0 Å². The minimum absolute atomic E-state index is 0.411. The van der Waals surface area contributed by atoms with Crippen LogP contribution < -0.4 is 5.73 Å². The summed E-state index contributed by atoms with van der Waals surface area (Å²) in [6.45, 7) is 9.29. The lowest BCUT2D eigenvalue weighted by molar-refractivity contribution is 0.297. The molecule has 108 valence electrons. The van der Waals surface area contributed by atoms with Crippen LogP contribution in [0.5, 0.6) is 0 Å². The minimum atomic E-state index is 0.411. The van der Waals surface area contributed by atoms with Crippen molar-refractivity contribution in [3.8, 4) is 0 Å². The molecule has 2 rings (SSSR count). The fourth-order valence-electron chi connectivity index (χ4n) is 3.11. The second kappa shape index (κ2) is 5.87. The van der Waals surface area contributed by atoms with E-state index in [1.165, 1.54) is 29.2 Å². The lowest BCUT2D eigenvalue weighted by Gasteiger charge is -2.23. The Bertz CT molecular complexity index is 578. The van der Waals surface area contributed by atoms with Crippen LogP contribution in [0.4, 0.5) is 5.69 Å². The normalized spacial score (nSPS) is 13.6. The molecule has 0 saturated carbocycles. The second-order valence-corrected chi connectivity index (χ2v) is 7.27. The van der Waals surface area contributed by atoms with Crippen LogP contribution in [0.1, 0.15) is 46.1 Å². The fraction of sp³-hybridized carbons (Fsp3) is 0.474. The predicted molar refractivity (Wildman–Crippen MR) is 89.9 cm³/mol. The summed E-state index contributed by atoms with van der Waals surface area (Å²) >= 11 is 0. The smallest absolute Gasteiger partial charge is 0.0426 e. The van der Waals surface area contributed by atoms with Crippen molar-refractivity contribution in [1.29, 1.82) is 0 Å². The van der Waals surface area contributed by atoms with Crippen LogP contribution in [0.3, 0.4) is 0 Å². The first kappa shape index (κ1) is 14.9. The highest BCUT2D eigenvalue weighted by Crippen LogP contribution is 2.29. The summed E-state index contributed by atoms with van der Waals surface area (Å²) in [6, 6.07) is 12.7. The van der Waals surface area contributed by atoms with Crippen LogP contribution in [0.25, 0.3) is 10.8 Å². The van der Waals surface area contributed by atoms with Gasteiger partial charge in [-0.2, -0.15) is 0 Å². The highest BCUT2D eigenvalue weighted by molar-refractivity contribution is 5.94. The summed E-state index contributed by atoms with van der Waals surface area (Å²) < 4.78 is 0. The van der Waals surface area contributed by atoms with Crippen LogP contribution in [-0.2, 0) is 6.42 Å². The summed E-state index contributed by atoms with van der Waals surface area (Å²) in [4.78, 5) is 0. The number of benzene rings is 2. The Morgan fingerprint density at radius 1 is 1.05 bits per heavy atom. The summed E-state index contributed by atoms with van der Waals surface area (Å²) in [6.07, 6.45) is 3.55. The fourth-order valence-corrected chi connectivity index (χ4v) is 3.11. The van der Waals surface area contributed by atoms with Crippen molar-refractivity contribution in [2.75, 3.05) is 5.73 Å². The van der Waals surface area contributed by atoms with Gasteiger partial charge in [0.05, 0.1) is 0 Å². The van der Waals surface area contributed by atoms with E-state index < -0.39 is 0 Å². The monoisotopic (exact) mass is 269 g/mol. The number of aryl methyl sites for hydroxylation is 1. The highest BCUT2D eigenvalue weighted by atomic mass is 14.6. The van der Waals surface area contributed by atoms with Crippen LogP contribution >= 0.6 is 0 Å². The number of anilines is 1. The summed E-state index contributed by atoms with van der Waals surface area (Å²) in [5.74, 6) is 0.737. The predicted octanol–water partition coefficient (Wildman–Crippen LogP) is 5.43. The molecule has 2 aromatic rings. The molecule has 0 heterocycles. The Balaban J connectivity index is 2.09. The highest BCUT2D eigenvalue weighted by Gasteiger charge is 2.15. The van der Waals surface area contributed by atoms with Crippen molar-refractivity contribution in [1.82, 2.24) is 0 Å². The first-order valence-electron chi connectivity index (χ1n) is 7.63. The summed E-state index contributed by atoms with van der Waals surface area (Å²) in [5.41, 5.74) is 9.00. The molecule has 2 aromatic carbocycles. The molecule has 0 aliphatic rings. The molecule has 2 N–H and O–H groups in total. The maximum Gasteiger partial charge on any atom is 0.0426 e. The van der Waals surface area contributed by atoms with Crippen molar-refractivity contribution in [2.45, 2.75) is 47.0 Å². The molecule has 0 bridgehead atoms. The molecule has 0 aromatic heterocycles. The van der Waals surface area contributed by atoms with E-state index in [1.807, 2.05) is 0 Å². The maximum atomic E-state index is 6.33. The molecule has 0 spiro atoms. The van der Waals surface area contributed by atoms with E-state index in [2.05, 4.69) is 64.1 Å². The van der Waals surface area contributed by atoms with Crippen molar-refractivity contribution in [2.24, 2.45) is 11.3 Å². The number of hydrogen-bond donors (Lipinski definition) is 1. The van der Waals surface area contributed by atoms with E-state index in [0.717, 1.165) is 18.0 Å². The Morgan fingerprint density at radius 2 is 1.75 bits per heavy atom. The lowest BCUT2D eigenvalue weighted by Crippen LogP contribution is -2.11. The van der Waals surface area contributed by atoms with Crippen molar-refractivity contribution in [3.05, 3.63) is 42.0 Å². The lowest BCUT2D eigenvalue weighted by atomic mass is 9.83. The number of rotatable bonds is 4. The zero-order chi connectivity index (χ0) is 14.8. The molecule has 0 saturated heterocycles. The van der Waals surface area contributed by atoms with E-state index in [1.54, 1.807) is 0 Å². The minimum Gasteiger partial charge on any atom is -0.398 e. The van der Waals surface area contributed by atoms with Gasteiger partial charge in [-0.1, -0.05) is 64.1 Å². The first-order chi connectivity index (χ1) is 9.37. The number of nitrogens with two attached hydrogens (primary N) is 1. The molecule has 0 aliphatic carbocycles. The molecular weight excluding hydrogens is 242 g/mol. The van der Waals surface area contributed by atoms with Gasteiger partial charge in [-0.15, -0.1) is 0 Å². The van der Waals surface area contributed by atoms with Gasteiger partial charge >= 0.3 is 0 Å². The van der Waals surface area contributed by atoms with Crippen LogP contribution in [0, 0.1) is 11.3 Å². The average molecular weight is 269 g/mol. The van der Waals surface area contributed by atoms with Gasteiger partial charge < -0.3 is 5.73 Å². The van der Waals surface area contributed by atoms with Crippen molar-refractivity contribution in [3.63, 3.8) is 0 Å². The van der Waals surface area contributed by atoms with Gasteiger partial charge in [0.1, 0.15) is 0 Å². The van der Waals surface area contributed by atoms with E-state index in [0.29, 0.717) is 5.41 Å². The molecule has 1 nitrogen and oxygen atoms in total. The SMILES string of the molecule is CC(CCc1ccc2ccccc2c1N)CC(C)(C)C. The molecule has 0 radical (unpaired) electrons. The van der Waals surface area contributed by atoms with Crippen LogP contribution in [0.15, 0.2) is 36.4 Å². The molecule has 0 aliphatic heterocycles. The number of hydrogen-bond acceptors (Lipinski definition) is 1. The molecule has 0 fully saturated rings. The van der Waals surface area contributed by atoms with Gasteiger partial charge in [-0.05, 0) is 41.5 Å². The third kappa shape index (κ3) is 3.75. The van der Waals surface area contributed by atoms with E-state index in [9.17, 15) is 0 Å². The van der Waals surface area contributed by atoms with E-state index in [-0.39, 0.29) is 0 Å². The standard InChI is InChI=1S/C19H27N/c1-14(13-19(2,3)4)9-10-16-12-11-15-7-5-6-8-17(15)18(16)20/h5-8,11-12,14H,9-10,13,20H2,1-4H3. The van der Waals surface area contributed by atoms with Gasteiger partial charge in [-0.25, -0.2) is 0 Å². The quantitative estimate of drug-likeness (QED) is 0.736. The third-order valence-corrected chi connectivity index (χ3v) is 3.93. The van der Waals surface area contributed by atoms with Crippen LogP contribution in [0.2, 0.25) is 0 Å². The number of fused-ring (bicyclic) bond motifs is 1. The molecule has 1 atom stereocenters. The molecular formula is C19H27N. The Morgan fingerprint density at radius 3 is 2.45 bits per heavy atom. The molecule has 1 heteroatoms. The molecule has 1 unspecified atom stereocenters. The van der Waals surface area contributed by atoms with Gasteiger partial charge in [0.2, 0.25) is 0 Å². The van der Waals surface area contributed by atoms with Gasteiger partial charge in [0, 0.05) is 11.1 Å². The van der Waals surface area contributed by atoms with Crippen LogP contribution in [-0.4, -0.2) is 0 Å². The van der Waals surface area contributed by atoms with Crippen molar-refractivity contribution >= 4 is 16.5 Å². The summed E-state index contributed by atoms with van der Waals surface area (Å²) in [5, 5.41) is 2.42. The number of nitrogen functional groups attached to an aromatic ring is 1. The zero-order valence-electron chi connectivity index (χ0n) is 13.2. The largest absolute Gasteiger partial charge is 0.398 e. The Kier molecular flexibility index (Phi) is 4.37. The second-order valence-electron chi connectivity index (χ2n) is 7.27. The van der Waals surface area contributed by atoms with E-state index in [4.69, 9.17) is 5.73 Å². The third-order valence-electron chi connectivity index (χ3n) is 3.93. The topological polar surface area (TPSA) is 26.0 Å². The first-order valence-corrected chi connectivity index (χ1v) is 7.63. The van der Waals surface area contributed by atoms with Gasteiger partial charge in [0.15, 0.2) is 0 Å².